The van der Waals surface area contributed by atoms with E-state index in [1.54, 1.807) is 15.9 Å². The third-order valence-electron chi connectivity index (χ3n) is 4.51. The van der Waals surface area contributed by atoms with Crippen molar-refractivity contribution in [2.75, 3.05) is 0 Å². The molecular formula is C18H18N2OS. The zero-order valence-corrected chi connectivity index (χ0v) is 13.7. The van der Waals surface area contributed by atoms with Crippen molar-refractivity contribution in [1.82, 2.24) is 9.55 Å². The van der Waals surface area contributed by atoms with Crippen LogP contribution in [0.5, 0.6) is 0 Å². The van der Waals surface area contributed by atoms with Gasteiger partial charge in [-0.1, -0.05) is 18.2 Å². The van der Waals surface area contributed by atoms with Gasteiger partial charge in [-0.2, -0.15) is 0 Å². The molecule has 0 unspecified atom stereocenters. The van der Waals surface area contributed by atoms with Crippen LogP contribution in [0.15, 0.2) is 29.1 Å². The number of para-hydroxylation sites is 1. The minimum atomic E-state index is 0.0937. The van der Waals surface area contributed by atoms with Crippen molar-refractivity contribution in [3.63, 3.8) is 0 Å². The van der Waals surface area contributed by atoms with E-state index in [9.17, 15) is 4.79 Å². The third kappa shape index (κ3) is 1.94. The van der Waals surface area contributed by atoms with Gasteiger partial charge in [0.25, 0.3) is 5.56 Å². The molecule has 112 valence electrons. The highest BCUT2D eigenvalue weighted by atomic mass is 32.1. The van der Waals surface area contributed by atoms with Crippen LogP contribution in [0.3, 0.4) is 0 Å². The van der Waals surface area contributed by atoms with Gasteiger partial charge < -0.3 is 0 Å². The molecule has 0 N–H and O–H groups in total. The summed E-state index contributed by atoms with van der Waals surface area (Å²) in [6.07, 6.45) is 4.52. The molecular weight excluding hydrogens is 292 g/mol. The van der Waals surface area contributed by atoms with Crippen molar-refractivity contribution in [3.8, 4) is 5.69 Å². The molecule has 0 saturated heterocycles. The fourth-order valence-electron chi connectivity index (χ4n) is 3.40. The van der Waals surface area contributed by atoms with Crippen LogP contribution in [-0.2, 0) is 12.8 Å². The molecule has 22 heavy (non-hydrogen) atoms. The van der Waals surface area contributed by atoms with Crippen molar-refractivity contribution in [2.24, 2.45) is 0 Å². The zero-order valence-electron chi connectivity index (χ0n) is 12.8. The predicted octanol–water partition coefficient (Wildman–Crippen LogP) is 3.94. The molecule has 0 atom stereocenters. The second-order valence-corrected chi connectivity index (χ2v) is 7.06. The van der Waals surface area contributed by atoms with E-state index in [2.05, 4.69) is 0 Å². The summed E-state index contributed by atoms with van der Waals surface area (Å²) in [6, 6.07) is 8.00. The van der Waals surface area contributed by atoms with Gasteiger partial charge in [-0.05, 0) is 56.7 Å². The maximum atomic E-state index is 13.2. The number of nitrogens with zero attached hydrogens (tertiary/aromatic N) is 2. The summed E-state index contributed by atoms with van der Waals surface area (Å²) < 4.78 is 1.78. The fraction of sp³-hybridized carbons (Fsp3) is 0.333. The minimum Gasteiger partial charge on any atom is -0.268 e. The molecule has 1 aromatic carbocycles. The van der Waals surface area contributed by atoms with Crippen LogP contribution in [0.1, 0.15) is 34.7 Å². The van der Waals surface area contributed by atoms with E-state index in [1.807, 2.05) is 38.1 Å². The Morgan fingerprint density at radius 3 is 2.73 bits per heavy atom. The normalized spacial score (nSPS) is 14.3. The molecule has 1 aliphatic rings. The number of rotatable bonds is 1. The standard InChI is InChI=1S/C18H18N2OS/c1-11-7-3-5-9-14(11)20-12(2)19-17-16(18(20)21)13-8-4-6-10-15(13)22-17/h3,5,7,9H,4,6,8,10H2,1-2H3. The van der Waals surface area contributed by atoms with Gasteiger partial charge in [0.05, 0.1) is 11.1 Å². The van der Waals surface area contributed by atoms with E-state index in [4.69, 9.17) is 4.98 Å². The third-order valence-corrected chi connectivity index (χ3v) is 5.70. The molecule has 0 radical (unpaired) electrons. The molecule has 4 heteroatoms. The van der Waals surface area contributed by atoms with Crippen molar-refractivity contribution in [2.45, 2.75) is 39.5 Å². The summed E-state index contributed by atoms with van der Waals surface area (Å²) in [5.74, 6) is 0.769. The fourth-order valence-corrected chi connectivity index (χ4v) is 4.70. The molecule has 3 nitrogen and oxygen atoms in total. The first-order chi connectivity index (χ1) is 10.7. The Labute approximate surface area is 133 Å². The van der Waals surface area contributed by atoms with Gasteiger partial charge in [-0.3, -0.25) is 9.36 Å². The highest BCUT2D eigenvalue weighted by Gasteiger charge is 2.21. The van der Waals surface area contributed by atoms with E-state index in [-0.39, 0.29) is 5.56 Å². The van der Waals surface area contributed by atoms with E-state index >= 15 is 0 Å². The van der Waals surface area contributed by atoms with Gasteiger partial charge in [-0.15, -0.1) is 11.3 Å². The minimum absolute atomic E-state index is 0.0937. The molecule has 4 rings (SSSR count). The number of fused-ring (bicyclic) bond motifs is 3. The molecule has 3 aromatic rings. The van der Waals surface area contributed by atoms with Gasteiger partial charge in [0.1, 0.15) is 10.7 Å². The van der Waals surface area contributed by atoms with Crippen molar-refractivity contribution >= 4 is 21.6 Å². The molecule has 2 aromatic heterocycles. The lowest BCUT2D eigenvalue weighted by Crippen LogP contribution is -2.23. The molecule has 0 amide bonds. The summed E-state index contributed by atoms with van der Waals surface area (Å²) in [6.45, 7) is 3.96. The summed E-state index contributed by atoms with van der Waals surface area (Å²) in [5.41, 5.74) is 3.38. The van der Waals surface area contributed by atoms with Crippen LogP contribution in [0.2, 0.25) is 0 Å². The average molecular weight is 310 g/mol. The van der Waals surface area contributed by atoms with E-state index in [1.165, 1.54) is 23.3 Å². The van der Waals surface area contributed by atoms with E-state index in [0.29, 0.717) is 0 Å². The van der Waals surface area contributed by atoms with Gasteiger partial charge in [-0.25, -0.2) is 4.98 Å². The number of hydrogen-bond acceptors (Lipinski definition) is 3. The maximum absolute atomic E-state index is 13.2. The molecule has 0 spiro atoms. The van der Waals surface area contributed by atoms with Crippen molar-refractivity contribution in [3.05, 3.63) is 56.4 Å². The topological polar surface area (TPSA) is 34.9 Å². The summed E-state index contributed by atoms with van der Waals surface area (Å²) in [5, 5.41) is 0.855. The maximum Gasteiger partial charge on any atom is 0.267 e. The molecule has 0 fully saturated rings. The lowest BCUT2D eigenvalue weighted by Gasteiger charge is -2.13. The SMILES string of the molecule is Cc1ccccc1-n1c(C)nc2sc3c(c2c1=O)CCCC3. The second-order valence-electron chi connectivity index (χ2n) is 5.98. The summed E-state index contributed by atoms with van der Waals surface area (Å²) in [7, 11) is 0. The predicted molar refractivity (Wildman–Crippen MR) is 91.3 cm³/mol. The first-order valence-electron chi connectivity index (χ1n) is 7.76. The first kappa shape index (κ1) is 13.7. The lowest BCUT2D eigenvalue weighted by molar-refractivity contribution is 0.699. The van der Waals surface area contributed by atoms with Crippen LogP contribution < -0.4 is 5.56 Å². The van der Waals surface area contributed by atoms with Crippen molar-refractivity contribution in [1.29, 1.82) is 0 Å². The highest BCUT2D eigenvalue weighted by Crippen LogP contribution is 2.34. The van der Waals surface area contributed by atoms with Crippen molar-refractivity contribution < 1.29 is 0 Å². The zero-order chi connectivity index (χ0) is 15.3. The number of benzene rings is 1. The molecule has 0 aliphatic heterocycles. The average Bonchev–Trinajstić information content (AvgIpc) is 2.87. The number of hydrogen-bond donors (Lipinski definition) is 0. The molecule has 0 saturated carbocycles. The largest absolute Gasteiger partial charge is 0.268 e. The Morgan fingerprint density at radius 1 is 1.14 bits per heavy atom. The quantitative estimate of drug-likeness (QED) is 0.682. The Morgan fingerprint density at radius 2 is 1.91 bits per heavy atom. The van der Waals surface area contributed by atoms with E-state index < -0.39 is 0 Å². The Hall–Kier alpha value is -1.94. The number of aryl methyl sites for hydroxylation is 4. The van der Waals surface area contributed by atoms with Gasteiger partial charge >= 0.3 is 0 Å². The van der Waals surface area contributed by atoms with Gasteiger partial charge in [0.2, 0.25) is 0 Å². The second kappa shape index (κ2) is 5.06. The number of thiophene rings is 1. The Balaban J connectivity index is 2.08. The van der Waals surface area contributed by atoms with Crippen LogP contribution in [-0.4, -0.2) is 9.55 Å². The van der Waals surface area contributed by atoms with Crippen LogP contribution >= 0.6 is 11.3 Å². The van der Waals surface area contributed by atoms with Gasteiger partial charge in [0.15, 0.2) is 0 Å². The number of aromatic nitrogens is 2. The first-order valence-corrected chi connectivity index (χ1v) is 8.58. The lowest BCUT2D eigenvalue weighted by atomic mass is 9.97. The van der Waals surface area contributed by atoms with Gasteiger partial charge in [0, 0.05) is 4.88 Å². The van der Waals surface area contributed by atoms with Crippen LogP contribution in [0, 0.1) is 13.8 Å². The monoisotopic (exact) mass is 310 g/mol. The van der Waals surface area contributed by atoms with Crippen LogP contribution in [0.25, 0.3) is 15.9 Å². The summed E-state index contributed by atoms with van der Waals surface area (Å²) in [4.78, 5) is 20.2. The highest BCUT2D eigenvalue weighted by molar-refractivity contribution is 7.18. The summed E-state index contributed by atoms with van der Waals surface area (Å²) >= 11 is 1.71. The Bertz CT molecular complexity index is 936. The van der Waals surface area contributed by atoms with Crippen LogP contribution in [0.4, 0.5) is 0 Å². The smallest absolute Gasteiger partial charge is 0.267 e. The molecule has 1 aliphatic carbocycles. The molecule has 0 bridgehead atoms. The Kier molecular flexibility index (Phi) is 3.15. The molecule has 2 heterocycles. The van der Waals surface area contributed by atoms with E-state index in [0.717, 1.165) is 40.1 Å².